The van der Waals surface area contributed by atoms with Crippen molar-refractivity contribution in [1.29, 1.82) is 0 Å². The van der Waals surface area contributed by atoms with E-state index in [2.05, 4.69) is 15.8 Å². The fourth-order valence-electron chi connectivity index (χ4n) is 1.85. The summed E-state index contributed by atoms with van der Waals surface area (Å²) in [5.74, 6) is 0.128. The molecule has 0 aliphatic carbocycles. The Morgan fingerprint density at radius 3 is 2.81 bits per heavy atom. The van der Waals surface area contributed by atoms with E-state index in [1.165, 1.54) is 0 Å². The van der Waals surface area contributed by atoms with Crippen molar-refractivity contribution >= 4 is 11.7 Å². The van der Waals surface area contributed by atoms with E-state index in [1.54, 1.807) is 6.07 Å². The molecule has 1 aromatic carbocycles. The van der Waals surface area contributed by atoms with Crippen LogP contribution in [0, 0.1) is 0 Å². The van der Waals surface area contributed by atoms with Crippen molar-refractivity contribution < 1.29 is 10.0 Å². The molecular weight excluding hydrogens is 268 g/mol. The Morgan fingerprint density at radius 2 is 2.14 bits per heavy atom. The molecule has 0 aliphatic rings. The van der Waals surface area contributed by atoms with Crippen LogP contribution in [0.5, 0.6) is 0 Å². The van der Waals surface area contributed by atoms with Crippen LogP contribution in [0.2, 0.25) is 0 Å². The quantitative estimate of drug-likeness (QED) is 0.190. The first kappa shape index (κ1) is 17.0. The average molecular weight is 292 g/mol. The predicted molar refractivity (Wildman–Crippen MR) is 83.2 cm³/mol. The van der Waals surface area contributed by atoms with Gasteiger partial charge in [0.1, 0.15) is 0 Å². The van der Waals surface area contributed by atoms with E-state index in [9.17, 15) is 4.79 Å². The van der Waals surface area contributed by atoms with E-state index in [-0.39, 0.29) is 17.8 Å². The number of nitrogens with one attached hydrogen (secondary N) is 2. The number of oxime groups is 1. The zero-order valence-electron chi connectivity index (χ0n) is 12.6. The van der Waals surface area contributed by atoms with Gasteiger partial charge >= 0.3 is 0 Å². The van der Waals surface area contributed by atoms with Crippen molar-refractivity contribution in [2.75, 3.05) is 6.54 Å². The maximum absolute atomic E-state index is 11.6. The highest BCUT2D eigenvalue weighted by molar-refractivity contribution is 5.98. The molecular formula is C15H24N4O2. The molecule has 1 amide bonds. The predicted octanol–water partition coefficient (Wildman–Crippen LogP) is 1.18. The largest absolute Gasteiger partial charge is 0.409 e. The first-order valence-electron chi connectivity index (χ1n) is 7.14. The molecule has 6 nitrogen and oxygen atoms in total. The standard InChI is InChI=1S/C15H24N4O2/c1-3-11(2)18-14(20)8-9-17-10-12-6-4-5-7-13(12)15(16)19-21/h4-7,11,17,21H,3,8-10H2,1-2H3,(H2,16,19)(H,18,20). The maximum Gasteiger partial charge on any atom is 0.221 e. The van der Waals surface area contributed by atoms with Gasteiger partial charge in [0.2, 0.25) is 5.91 Å². The number of nitrogens with two attached hydrogens (primary N) is 1. The van der Waals surface area contributed by atoms with Crippen molar-refractivity contribution in [3.63, 3.8) is 0 Å². The highest BCUT2D eigenvalue weighted by Crippen LogP contribution is 2.08. The minimum absolute atomic E-state index is 0.0431. The smallest absolute Gasteiger partial charge is 0.221 e. The third-order valence-corrected chi connectivity index (χ3v) is 3.27. The topological polar surface area (TPSA) is 99.7 Å². The van der Waals surface area contributed by atoms with Crippen LogP contribution in [0.15, 0.2) is 29.4 Å². The van der Waals surface area contributed by atoms with E-state index < -0.39 is 0 Å². The fraction of sp³-hybridized carbons (Fsp3) is 0.467. The van der Waals surface area contributed by atoms with E-state index in [4.69, 9.17) is 10.9 Å². The molecule has 1 unspecified atom stereocenters. The zero-order valence-corrected chi connectivity index (χ0v) is 12.6. The number of rotatable bonds is 8. The first-order chi connectivity index (χ1) is 10.1. The van der Waals surface area contributed by atoms with Gasteiger partial charge in [0.25, 0.3) is 0 Å². The first-order valence-corrected chi connectivity index (χ1v) is 7.14. The van der Waals surface area contributed by atoms with Gasteiger partial charge in [0.05, 0.1) is 0 Å². The second-order valence-corrected chi connectivity index (χ2v) is 4.95. The number of hydrogen-bond acceptors (Lipinski definition) is 4. The Morgan fingerprint density at radius 1 is 1.43 bits per heavy atom. The summed E-state index contributed by atoms with van der Waals surface area (Å²) in [7, 11) is 0. The van der Waals surface area contributed by atoms with Crippen molar-refractivity contribution in [1.82, 2.24) is 10.6 Å². The molecule has 0 bridgehead atoms. The van der Waals surface area contributed by atoms with Crippen LogP contribution < -0.4 is 16.4 Å². The lowest BCUT2D eigenvalue weighted by Gasteiger charge is -2.12. The Balaban J connectivity index is 2.42. The van der Waals surface area contributed by atoms with E-state index in [0.29, 0.717) is 25.1 Å². The average Bonchev–Trinajstić information content (AvgIpc) is 2.51. The molecule has 0 aliphatic heterocycles. The minimum Gasteiger partial charge on any atom is -0.409 e. The lowest BCUT2D eigenvalue weighted by Crippen LogP contribution is -2.34. The van der Waals surface area contributed by atoms with Crippen LogP contribution in [-0.2, 0) is 11.3 Å². The van der Waals surface area contributed by atoms with Crippen LogP contribution in [0.3, 0.4) is 0 Å². The highest BCUT2D eigenvalue weighted by Gasteiger charge is 2.07. The van der Waals surface area contributed by atoms with Gasteiger partial charge in [-0.2, -0.15) is 0 Å². The third-order valence-electron chi connectivity index (χ3n) is 3.27. The monoisotopic (exact) mass is 292 g/mol. The molecule has 0 fully saturated rings. The Bertz CT molecular complexity index is 488. The van der Waals surface area contributed by atoms with Crippen molar-refractivity contribution in [3.05, 3.63) is 35.4 Å². The van der Waals surface area contributed by atoms with E-state index in [1.807, 2.05) is 32.0 Å². The number of amides is 1. The molecule has 6 heteroatoms. The molecule has 5 N–H and O–H groups in total. The number of carbonyl (C=O) groups is 1. The number of amidine groups is 1. The van der Waals surface area contributed by atoms with Gasteiger partial charge in [-0.3, -0.25) is 4.79 Å². The summed E-state index contributed by atoms with van der Waals surface area (Å²) in [4.78, 5) is 11.6. The maximum atomic E-state index is 11.6. The van der Waals surface area contributed by atoms with Gasteiger partial charge in [0.15, 0.2) is 5.84 Å². The fourth-order valence-corrected chi connectivity index (χ4v) is 1.85. The van der Waals surface area contributed by atoms with Crippen molar-refractivity contribution in [3.8, 4) is 0 Å². The van der Waals surface area contributed by atoms with Crippen LogP contribution in [0.4, 0.5) is 0 Å². The van der Waals surface area contributed by atoms with Gasteiger partial charge in [-0.05, 0) is 18.9 Å². The molecule has 116 valence electrons. The minimum atomic E-state index is 0.0431. The second-order valence-electron chi connectivity index (χ2n) is 4.95. The highest BCUT2D eigenvalue weighted by atomic mass is 16.4. The summed E-state index contributed by atoms with van der Waals surface area (Å²) in [6.45, 7) is 5.15. The van der Waals surface area contributed by atoms with Crippen molar-refractivity contribution in [2.24, 2.45) is 10.9 Å². The lowest BCUT2D eigenvalue weighted by molar-refractivity contribution is -0.121. The summed E-state index contributed by atoms with van der Waals surface area (Å²) in [5.41, 5.74) is 7.24. The second kappa shape index (κ2) is 8.97. The molecule has 21 heavy (non-hydrogen) atoms. The summed E-state index contributed by atoms with van der Waals surface area (Å²) >= 11 is 0. The summed E-state index contributed by atoms with van der Waals surface area (Å²) in [5, 5.41) is 17.9. The normalized spacial score (nSPS) is 13.0. The van der Waals surface area contributed by atoms with Crippen LogP contribution >= 0.6 is 0 Å². The summed E-state index contributed by atoms with van der Waals surface area (Å²) in [6.07, 6.45) is 1.35. The summed E-state index contributed by atoms with van der Waals surface area (Å²) < 4.78 is 0. The molecule has 1 rings (SSSR count). The number of nitrogens with zero attached hydrogens (tertiary/aromatic N) is 1. The lowest BCUT2D eigenvalue weighted by atomic mass is 10.1. The Hall–Kier alpha value is -2.08. The molecule has 1 atom stereocenters. The molecule has 0 heterocycles. The van der Waals surface area contributed by atoms with Crippen LogP contribution in [0.1, 0.15) is 37.8 Å². The van der Waals surface area contributed by atoms with Crippen LogP contribution in [0.25, 0.3) is 0 Å². The molecule has 1 aromatic rings. The number of benzene rings is 1. The molecule has 0 saturated carbocycles. The van der Waals surface area contributed by atoms with Gasteiger partial charge in [-0.15, -0.1) is 0 Å². The number of hydrogen-bond donors (Lipinski definition) is 4. The third kappa shape index (κ3) is 5.83. The molecule has 0 saturated heterocycles. The van der Waals surface area contributed by atoms with Gasteiger partial charge in [-0.25, -0.2) is 0 Å². The van der Waals surface area contributed by atoms with Gasteiger partial charge in [-0.1, -0.05) is 36.3 Å². The Kier molecular flexibility index (Phi) is 7.25. The molecule has 0 radical (unpaired) electrons. The van der Waals surface area contributed by atoms with Gasteiger partial charge in [0, 0.05) is 31.1 Å². The van der Waals surface area contributed by atoms with Crippen LogP contribution in [-0.4, -0.2) is 29.5 Å². The summed E-state index contributed by atoms with van der Waals surface area (Å²) in [6, 6.07) is 7.62. The molecule has 0 aromatic heterocycles. The zero-order chi connectivity index (χ0) is 15.7. The molecule has 0 spiro atoms. The SMILES string of the molecule is CCC(C)NC(=O)CCNCc1ccccc1C(N)=NO. The van der Waals surface area contributed by atoms with E-state index >= 15 is 0 Å². The van der Waals surface area contributed by atoms with Crippen molar-refractivity contribution in [2.45, 2.75) is 39.3 Å². The van der Waals surface area contributed by atoms with Gasteiger partial charge < -0.3 is 21.6 Å². The van der Waals surface area contributed by atoms with E-state index in [0.717, 1.165) is 12.0 Å². The Labute approximate surface area is 125 Å². The number of carbonyl (C=O) groups excluding carboxylic acids is 1.